The van der Waals surface area contributed by atoms with Crippen LogP contribution in [0.3, 0.4) is 0 Å². The summed E-state index contributed by atoms with van der Waals surface area (Å²) in [6.07, 6.45) is 7.11. The van der Waals surface area contributed by atoms with Crippen molar-refractivity contribution in [1.82, 2.24) is 5.32 Å². The van der Waals surface area contributed by atoms with Crippen LogP contribution in [0.4, 0.5) is 0 Å². The first-order valence-corrected chi connectivity index (χ1v) is 9.26. The first kappa shape index (κ1) is 23.1. The lowest BCUT2D eigenvalue weighted by Crippen LogP contribution is -2.33. The van der Waals surface area contributed by atoms with Gasteiger partial charge in [0.15, 0.2) is 5.96 Å². The van der Waals surface area contributed by atoms with E-state index in [1.165, 1.54) is 6.21 Å². The average molecular weight is 354 g/mol. The van der Waals surface area contributed by atoms with Crippen molar-refractivity contribution in [2.75, 3.05) is 13.1 Å². The molecule has 1 unspecified atom stereocenters. The molecule has 0 radical (unpaired) electrons. The number of guanidine groups is 1. The van der Waals surface area contributed by atoms with E-state index in [2.05, 4.69) is 36.1 Å². The first-order chi connectivity index (χ1) is 11.9. The van der Waals surface area contributed by atoms with Gasteiger partial charge in [-0.2, -0.15) is 0 Å². The summed E-state index contributed by atoms with van der Waals surface area (Å²) in [7, 11) is 0. The first-order valence-electron chi connectivity index (χ1n) is 9.26. The Labute approximate surface area is 151 Å². The van der Waals surface area contributed by atoms with Crippen molar-refractivity contribution in [1.29, 1.82) is 0 Å². The Hall–Kier alpha value is -1.92. The topological polar surface area (TPSA) is 123 Å². The molecular formula is C18H35N5O2. The fourth-order valence-electron chi connectivity index (χ4n) is 2.29. The predicted molar refractivity (Wildman–Crippen MR) is 104 cm³/mol. The molecule has 0 fully saturated rings. The van der Waals surface area contributed by atoms with Gasteiger partial charge in [0.05, 0.1) is 5.92 Å². The highest BCUT2D eigenvalue weighted by atomic mass is 16.2. The molecule has 0 aromatic heterocycles. The lowest BCUT2D eigenvalue weighted by Gasteiger charge is -2.14. The Kier molecular flexibility index (Phi) is 13.3. The molecule has 0 aliphatic rings. The standard InChI is InChI=1S/C18H35N5O2/c1-4-5-7-10-21-17(25)15(12-14(2)3)13-23-16(24)9-6-8-11-22-18(19)20/h13-15H,4-12H2,1-3H3,(H,21,25)(H4,19,20,22). The normalized spacial score (nSPS) is 12.3. The lowest BCUT2D eigenvalue weighted by molar-refractivity contribution is -0.123. The highest BCUT2D eigenvalue weighted by Crippen LogP contribution is 2.11. The fraction of sp³-hybridized carbons (Fsp3) is 0.778. The summed E-state index contributed by atoms with van der Waals surface area (Å²) >= 11 is 0. The van der Waals surface area contributed by atoms with E-state index in [-0.39, 0.29) is 23.7 Å². The predicted octanol–water partition coefficient (Wildman–Crippen LogP) is 2.00. The molecule has 0 bridgehead atoms. The number of aliphatic imine (C=N–C) groups is 2. The van der Waals surface area contributed by atoms with Crippen molar-refractivity contribution >= 4 is 24.0 Å². The van der Waals surface area contributed by atoms with Gasteiger partial charge in [0.25, 0.3) is 0 Å². The van der Waals surface area contributed by atoms with Crippen LogP contribution in [0.25, 0.3) is 0 Å². The molecule has 5 N–H and O–H groups in total. The molecule has 7 nitrogen and oxygen atoms in total. The third-order valence-corrected chi connectivity index (χ3v) is 3.63. The van der Waals surface area contributed by atoms with Crippen LogP contribution in [-0.2, 0) is 9.59 Å². The molecule has 7 heteroatoms. The number of nitrogens with two attached hydrogens (primary N) is 2. The summed E-state index contributed by atoms with van der Waals surface area (Å²) in [6, 6.07) is 0. The van der Waals surface area contributed by atoms with E-state index in [0.29, 0.717) is 38.3 Å². The average Bonchev–Trinajstić information content (AvgIpc) is 2.54. The molecule has 1 atom stereocenters. The van der Waals surface area contributed by atoms with Gasteiger partial charge >= 0.3 is 0 Å². The van der Waals surface area contributed by atoms with Gasteiger partial charge in [0.2, 0.25) is 11.8 Å². The van der Waals surface area contributed by atoms with Crippen LogP contribution in [0.15, 0.2) is 9.98 Å². The number of hydrogen-bond acceptors (Lipinski definition) is 3. The number of unbranched alkanes of at least 4 members (excludes halogenated alkanes) is 3. The summed E-state index contributed by atoms with van der Waals surface area (Å²) < 4.78 is 0. The van der Waals surface area contributed by atoms with E-state index in [4.69, 9.17) is 11.5 Å². The maximum Gasteiger partial charge on any atom is 0.245 e. The molecular weight excluding hydrogens is 318 g/mol. The molecule has 0 aliphatic carbocycles. The fourth-order valence-corrected chi connectivity index (χ4v) is 2.29. The van der Waals surface area contributed by atoms with Crippen LogP contribution in [0.2, 0.25) is 0 Å². The summed E-state index contributed by atoms with van der Waals surface area (Å²) in [5, 5.41) is 2.94. The van der Waals surface area contributed by atoms with Crippen molar-refractivity contribution in [2.24, 2.45) is 33.3 Å². The van der Waals surface area contributed by atoms with Crippen LogP contribution in [0, 0.1) is 11.8 Å². The quantitative estimate of drug-likeness (QED) is 0.266. The molecule has 0 heterocycles. The van der Waals surface area contributed by atoms with Crippen molar-refractivity contribution in [2.45, 2.75) is 65.7 Å². The Balaban J connectivity index is 4.33. The van der Waals surface area contributed by atoms with Crippen LogP contribution in [0.1, 0.15) is 65.7 Å². The van der Waals surface area contributed by atoms with Gasteiger partial charge < -0.3 is 16.8 Å². The Morgan fingerprint density at radius 3 is 2.44 bits per heavy atom. The van der Waals surface area contributed by atoms with Crippen molar-refractivity contribution < 1.29 is 9.59 Å². The zero-order chi connectivity index (χ0) is 19.1. The number of amides is 2. The van der Waals surface area contributed by atoms with Crippen molar-refractivity contribution in [3.8, 4) is 0 Å². The smallest absolute Gasteiger partial charge is 0.245 e. The Morgan fingerprint density at radius 2 is 1.84 bits per heavy atom. The van der Waals surface area contributed by atoms with Gasteiger partial charge in [-0.15, -0.1) is 0 Å². The second kappa shape index (κ2) is 14.4. The van der Waals surface area contributed by atoms with Gasteiger partial charge in [-0.3, -0.25) is 14.6 Å². The van der Waals surface area contributed by atoms with Crippen LogP contribution in [-0.4, -0.2) is 37.1 Å². The second-order valence-corrected chi connectivity index (χ2v) is 6.67. The number of carbonyl (C=O) groups is 2. The molecule has 0 rings (SSSR count). The largest absolute Gasteiger partial charge is 0.370 e. The summed E-state index contributed by atoms with van der Waals surface area (Å²) in [5.74, 6) is -0.197. The second-order valence-electron chi connectivity index (χ2n) is 6.67. The Morgan fingerprint density at radius 1 is 1.12 bits per heavy atom. The van der Waals surface area contributed by atoms with E-state index in [1.807, 2.05) is 0 Å². The van der Waals surface area contributed by atoms with E-state index in [9.17, 15) is 9.59 Å². The number of nitrogens with zero attached hydrogens (tertiary/aromatic N) is 2. The lowest BCUT2D eigenvalue weighted by atomic mass is 9.97. The molecule has 0 saturated carbocycles. The molecule has 0 aliphatic heterocycles. The maximum atomic E-state index is 12.3. The van der Waals surface area contributed by atoms with Gasteiger partial charge in [0, 0.05) is 25.7 Å². The molecule has 0 spiro atoms. The minimum Gasteiger partial charge on any atom is -0.370 e. The SMILES string of the molecule is CCCCCNC(=O)C(C=NC(=O)CCCCN=C(N)N)CC(C)C. The third kappa shape index (κ3) is 14.2. The third-order valence-electron chi connectivity index (χ3n) is 3.63. The van der Waals surface area contributed by atoms with Crippen molar-refractivity contribution in [3.63, 3.8) is 0 Å². The molecule has 25 heavy (non-hydrogen) atoms. The van der Waals surface area contributed by atoms with E-state index >= 15 is 0 Å². The highest BCUT2D eigenvalue weighted by molar-refractivity contribution is 5.97. The zero-order valence-corrected chi connectivity index (χ0v) is 16.0. The van der Waals surface area contributed by atoms with E-state index < -0.39 is 0 Å². The van der Waals surface area contributed by atoms with Gasteiger partial charge in [0.1, 0.15) is 0 Å². The number of hydrogen-bond donors (Lipinski definition) is 3. The monoisotopic (exact) mass is 353 g/mol. The number of nitrogens with one attached hydrogen (secondary N) is 1. The van der Waals surface area contributed by atoms with Crippen molar-refractivity contribution in [3.05, 3.63) is 0 Å². The number of carbonyl (C=O) groups excluding carboxylic acids is 2. The van der Waals surface area contributed by atoms with Gasteiger partial charge in [-0.05, 0) is 31.6 Å². The van der Waals surface area contributed by atoms with Gasteiger partial charge in [-0.25, -0.2) is 4.99 Å². The summed E-state index contributed by atoms with van der Waals surface area (Å²) in [6.45, 7) is 7.41. The molecule has 2 amide bonds. The minimum atomic E-state index is -0.354. The molecule has 144 valence electrons. The van der Waals surface area contributed by atoms with Crippen LogP contribution in [0.5, 0.6) is 0 Å². The zero-order valence-electron chi connectivity index (χ0n) is 16.0. The highest BCUT2D eigenvalue weighted by Gasteiger charge is 2.17. The number of rotatable bonds is 13. The summed E-state index contributed by atoms with van der Waals surface area (Å²) in [5.41, 5.74) is 10.5. The summed E-state index contributed by atoms with van der Waals surface area (Å²) in [4.78, 5) is 31.9. The molecule has 0 aromatic carbocycles. The van der Waals surface area contributed by atoms with Crippen LogP contribution >= 0.6 is 0 Å². The van der Waals surface area contributed by atoms with E-state index in [1.54, 1.807) is 0 Å². The van der Waals surface area contributed by atoms with Crippen LogP contribution < -0.4 is 16.8 Å². The maximum absolute atomic E-state index is 12.3. The molecule has 0 saturated heterocycles. The van der Waals surface area contributed by atoms with E-state index in [0.717, 1.165) is 25.7 Å². The minimum absolute atomic E-state index is 0.0471. The van der Waals surface area contributed by atoms with Gasteiger partial charge in [-0.1, -0.05) is 33.6 Å². The molecule has 0 aromatic rings. The Bertz CT molecular complexity index is 443.